The van der Waals surface area contributed by atoms with Gasteiger partial charge in [-0.15, -0.1) is 5.01 Å². The Hall–Kier alpha value is -1.53. The molecule has 1 heterocycles. The molecule has 7 nitrogen and oxygen atoms in total. The van der Waals surface area contributed by atoms with Crippen LogP contribution in [-0.4, -0.2) is 40.9 Å². The van der Waals surface area contributed by atoms with Gasteiger partial charge in [-0.2, -0.15) is 0 Å². The molecule has 1 fully saturated rings. The minimum absolute atomic E-state index is 0.0285. The first kappa shape index (κ1) is 10.6. The highest BCUT2D eigenvalue weighted by Gasteiger charge is 2.35. The van der Waals surface area contributed by atoms with E-state index in [4.69, 9.17) is 5.21 Å². The average Bonchev–Trinajstić information content (AvgIpc) is 2.27. The molecule has 0 radical (unpaired) electrons. The number of hydrazine groups is 1. The molecule has 14 heavy (non-hydrogen) atoms. The number of carbonyl (C=O) groups is 1. The first-order chi connectivity index (χ1) is 6.70. The van der Waals surface area contributed by atoms with Gasteiger partial charge in [-0.25, -0.2) is 4.79 Å². The minimum atomic E-state index is -0.637. The maximum atomic E-state index is 11.2. The zero-order valence-electron chi connectivity index (χ0n) is 7.92. The molecule has 1 rings (SSSR count). The fourth-order valence-corrected chi connectivity index (χ4v) is 1.55. The average molecular weight is 203 g/mol. The number of esters is 1. The summed E-state index contributed by atoms with van der Waals surface area (Å²) in [6.07, 6.45) is 2.19. The molecule has 0 aromatic heterocycles. The first-order valence-corrected chi connectivity index (χ1v) is 4.37. The fraction of sp³-hybridized carbons (Fsp3) is 0.857. The van der Waals surface area contributed by atoms with Crippen LogP contribution in [-0.2, 0) is 9.53 Å². The van der Waals surface area contributed by atoms with Gasteiger partial charge in [0.05, 0.1) is 18.6 Å². The first-order valence-electron chi connectivity index (χ1n) is 4.37. The molecule has 0 amide bonds. The number of methoxy groups -OCH3 is 1. The SMILES string of the molecule is COC(=O)C1CCCCN1[N+]([O-])=NO. The molecule has 0 bridgehead atoms. The molecule has 1 aliphatic heterocycles. The van der Waals surface area contributed by atoms with Gasteiger partial charge in [0.2, 0.25) is 5.28 Å². The van der Waals surface area contributed by atoms with E-state index in [2.05, 4.69) is 10.0 Å². The molecule has 0 saturated carbocycles. The van der Waals surface area contributed by atoms with Crippen LogP contribution in [0.25, 0.3) is 0 Å². The van der Waals surface area contributed by atoms with Crippen LogP contribution in [0, 0.1) is 5.21 Å². The zero-order chi connectivity index (χ0) is 10.6. The third kappa shape index (κ3) is 2.04. The Bertz CT molecular complexity index is 243. The van der Waals surface area contributed by atoms with Gasteiger partial charge < -0.3 is 15.2 Å². The summed E-state index contributed by atoms with van der Waals surface area (Å²) in [5.41, 5.74) is 0. The van der Waals surface area contributed by atoms with Crippen LogP contribution in [0.15, 0.2) is 5.28 Å². The van der Waals surface area contributed by atoms with Crippen LogP contribution in [0.1, 0.15) is 19.3 Å². The van der Waals surface area contributed by atoms with Gasteiger partial charge in [-0.3, -0.25) is 0 Å². The van der Waals surface area contributed by atoms with Crippen molar-refractivity contribution in [2.45, 2.75) is 25.3 Å². The summed E-state index contributed by atoms with van der Waals surface area (Å²) >= 11 is 0. The summed E-state index contributed by atoms with van der Waals surface area (Å²) < 4.78 is 4.55. The summed E-state index contributed by atoms with van der Waals surface area (Å²) in [6, 6.07) is -0.637. The standard InChI is InChI=1S/C7H13N3O4/c1-14-7(11)6-4-2-3-5-9(6)10(13)8-12/h6,12H,2-5H2,1H3. The lowest BCUT2D eigenvalue weighted by atomic mass is 10.0. The van der Waals surface area contributed by atoms with E-state index >= 15 is 0 Å². The molecule has 7 heteroatoms. The van der Waals surface area contributed by atoms with Crippen molar-refractivity contribution in [3.63, 3.8) is 0 Å². The topological polar surface area (TPSA) is 88.2 Å². The highest BCUT2D eigenvalue weighted by molar-refractivity contribution is 5.75. The van der Waals surface area contributed by atoms with Gasteiger partial charge in [0.25, 0.3) is 0 Å². The number of carbonyl (C=O) groups excluding carboxylic acids is 1. The van der Waals surface area contributed by atoms with E-state index in [-0.39, 0.29) is 4.97 Å². The van der Waals surface area contributed by atoms with Crippen LogP contribution >= 0.6 is 0 Å². The Morgan fingerprint density at radius 1 is 1.71 bits per heavy atom. The molecule has 0 spiro atoms. The van der Waals surface area contributed by atoms with Crippen LogP contribution in [0.4, 0.5) is 0 Å². The summed E-state index contributed by atoms with van der Waals surface area (Å²) in [7, 11) is 1.26. The minimum Gasteiger partial charge on any atom is -0.569 e. The smallest absolute Gasteiger partial charge is 0.334 e. The van der Waals surface area contributed by atoms with E-state index in [0.29, 0.717) is 13.0 Å². The van der Waals surface area contributed by atoms with E-state index in [1.165, 1.54) is 7.11 Å². The summed E-state index contributed by atoms with van der Waals surface area (Å²) in [5, 5.41) is 22.9. The lowest BCUT2D eigenvalue weighted by Gasteiger charge is -2.28. The molecular weight excluding hydrogens is 190 g/mol. The lowest BCUT2D eigenvalue weighted by molar-refractivity contribution is -0.716. The third-order valence-electron chi connectivity index (χ3n) is 2.24. The van der Waals surface area contributed by atoms with Crippen molar-refractivity contribution in [3.05, 3.63) is 5.21 Å². The molecule has 1 unspecified atom stereocenters. The van der Waals surface area contributed by atoms with Crippen molar-refractivity contribution in [2.24, 2.45) is 5.28 Å². The van der Waals surface area contributed by atoms with E-state index < -0.39 is 12.0 Å². The zero-order valence-corrected chi connectivity index (χ0v) is 7.92. The summed E-state index contributed by atoms with van der Waals surface area (Å²) in [6.45, 7) is 0.396. The Morgan fingerprint density at radius 2 is 2.43 bits per heavy atom. The molecule has 1 atom stereocenters. The second-order valence-corrected chi connectivity index (χ2v) is 3.04. The van der Waals surface area contributed by atoms with Crippen molar-refractivity contribution >= 4 is 5.97 Å². The fourth-order valence-electron chi connectivity index (χ4n) is 1.55. The molecule has 1 aliphatic rings. The number of hydrogen-bond donors (Lipinski definition) is 1. The van der Waals surface area contributed by atoms with Crippen molar-refractivity contribution in [1.82, 2.24) is 5.01 Å². The normalized spacial score (nSPS) is 23.4. The quantitative estimate of drug-likeness (QED) is 0.301. The molecule has 80 valence electrons. The third-order valence-corrected chi connectivity index (χ3v) is 2.24. The van der Waals surface area contributed by atoms with E-state index in [9.17, 15) is 10.0 Å². The van der Waals surface area contributed by atoms with E-state index in [0.717, 1.165) is 17.9 Å². The molecule has 0 aromatic carbocycles. The molecule has 1 N–H and O–H groups in total. The molecule has 1 saturated heterocycles. The predicted octanol–water partition coefficient (Wildman–Crippen LogP) is 0.281. The van der Waals surface area contributed by atoms with Gasteiger partial charge >= 0.3 is 5.97 Å². The Balaban J connectivity index is 2.73. The second-order valence-electron chi connectivity index (χ2n) is 3.04. The number of piperidine rings is 1. The summed E-state index contributed by atoms with van der Waals surface area (Å²) in [4.78, 5) is 11.3. The maximum Gasteiger partial charge on any atom is 0.334 e. The van der Waals surface area contributed by atoms with Gasteiger partial charge in [-0.05, 0) is 19.3 Å². The summed E-state index contributed by atoms with van der Waals surface area (Å²) in [5.74, 6) is -0.478. The lowest BCUT2D eigenvalue weighted by Crippen LogP contribution is -2.48. The van der Waals surface area contributed by atoms with Crippen molar-refractivity contribution < 1.29 is 19.7 Å². The molecule has 0 aromatic rings. The highest BCUT2D eigenvalue weighted by Crippen LogP contribution is 2.17. The van der Waals surface area contributed by atoms with Crippen LogP contribution < -0.4 is 0 Å². The number of rotatable bonds is 2. The number of nitrogens with zero attached hydrogens (tertiary/aromatic N) is 3. The molecule has 0 aliphatic carbocycles. The van der Waals surface area contributed by atoms with Gasteiger partial charge in [0, 0.05) is 0 Å². The van der Waals surface area contributed by atoms with Crippen molar-refractivity contribution in [2.75, 3.05) is 13.7 Å². The van der Waals surface area contributed by atoms with E-state index in [1.54, 1.807) is 0 Å². The van der Waals surface area contributed by atoms with Crippen LogP contribution in [0.5, 0.6) is 0 Å². The van der Waals surface area contributed by atoms with Crippen molar-refractivity contribution in [1.29, 1.82) is 0 Å². The van der Waals surface area contributed by atoms with Crippen LogP contribution in [0.2, 0.25) is 0 Å². The number of hydrogen-bond acceptors (Lipinski definition) is 4. The van der Waals surface area contributed by atoms with Crippen LogP contribution in [0.3, 0.4) is 0 Å². The maximum absolute atomic E-state index is 11.2. The molecular formula is C7H13N3O4. The van der Waals surface area contributed by atoms with E-state index in [1.807, 2.05) is 0 Å². The number of ether oxygens (including phenoxy) is 1. The largest absolute Gasteiger partial charge is 0.569 e. The highest BCUT2D eigenvalue weighted by atomic mass is 16.6. The van der Waals surface area contributed by atoms with Gasteiger partial charge in [0.1, 0.15) is 0 Å². The Labute approximate surface area is 81.1 Å². The predicted molar refractivity (Wildman–Crippen MR) is 44.2 cm³/mol. The van der Waals surface area contributed by atoms with Gasteiger partial charge in [0.15, 0.2) is 6.04 Å². The monoisotopic (exact) mass is 203 g/mol. The van der Waals surface area contributed by atoms with Gasteiger partial charge in [-0.1, -0.05) is 0 Å². The Kier molecular flexibility index (Phi) is 3.49. The Morgan fingerprint density at radius 3 is 3.00 bits per heavy atom. The second kappa shape index (κ2) is 4.64. The van der Waals surface area contributed by atoms with Crippen molar-refractivity contribution in [3.8, 4) is 0 Å².